The number of carbonyl (C=O) groups is 1. The van der Waals surface area contributed by atoms with Gasteiger partial charge < -0.3 is 9.47 Å². The minimum Gasteiger partial charge on any atom is -0.335 e. The van der Waals surface area contributed by atoms with Crippen molar-refractivity contribution in [3.63, 3.8) is 0 Å². The molecular formula is C23H24N6O. The number of hydrogen-bond acceptors (Lipinski definition) is 4. The van der Waals surface area contributed by atoms with E-state index in [2.05, 4.69) is 32.8 Å². The number of nitrogens with zero attached hydrogens (tertiary/aromatic N) is 5. The number of para-hydroxylation sites is 2. The third kappa shape index (κ3) is 3.48. The van der Waals surface area contributed by atoms with Crippen molar-refractivity contribution < 1.29 is 4.79 Å². The topological polar surface area (TPSA) is 70.1 Å². The first-order valence-corrected chi connectivity index (χ1v) is 10.2. The first-order valence-electron chi connectivity index (χ1n) is 10.2. The Morgan fingerprint density at radius 3 is 2.50 bits per heavy atom. The molecule has 1 aliphatic rings. The fraction of sp³-hybridized carbons (Fsp3) is 0.261. The number of H-pyrrole nitrogens is 1. The lowest BCUT2D eigenvalue weighted by Gasteiger charge is -2.34. The van der Waals surface area contributed by atoms with Crippen LogP contribution in [-0.4, -0.2) is 61.6 Å². The summed E-state index contributed by atoms with van der Waals surface area (Å²) in [5.41, 5.74) is 4.50. The van der Waals surface area contributed by atoms with E-state index in [9.17, 15) is 4.79 Å². The molecule has 1 fully saturated rings. The van der Waals surface area contributed by atoms with Crippen LogP contribution in [-0.2, 0) is 13.6 Å². The zero-order valence-electron chi connectivity index (χ0n) is 17.0. The number of benzene rings is 2. The van der Waals surface area contributed by atoms with Gasteiger partial charge in [-0.2, -0.15) is 5.10 Å². The van der Waals surface area contributed by atoms with Gasteiger partial charge in [-0.25, -0.2) is 4.98 Å². The molecule has 3 heterocycles. The number of aromatic nitrogens is 4. The summed E-state index contributed by atoms with van der Waals surface area (Å²) in [6.07, 6.45) is 0. The second-order valence-electron chi connectivity index (χ2n) is 7.68. The van der Waals surface area contributed by atoms with Gasteiger partial charge in [0.2, 0.25) is 0 Å². The largest absolute Gasteiger partial charge is 0.335 e. The van der Waals surface area contributed by atoms with Crippen LogP contribution in [0.2, 0.25) is 0 Å². The van der Waals surface area contributed by atoms with Crippen molar-refractivity contribution in [3.8, 4) is 11.3 Å². The minimum absolute atomic E-state index is 0.00654. The lowest BCUT2D eigenvalue weighted by molar-refractivity contribution is 0.0619. The summed E-state index contributed by atoms with van der Waals surface area (Å²) < 4.78 is 2.16. The molecule has 1 saturated heterocycles. The monoisotopic (exact) mass is 400 g/mol. The Hall–Kier alpha value is -3.45. The Labute approximate surface area is 174 Å². The summed E-state index contributed by atoms with van der Waals surface area (Å²) in [7, 11) is 2.06. The maximum atomic E-state index is 12.9. The van der Waals surface area contributed by atoms with Crippen LogP contribution in [0.5, 0.6) is 0 Å². The van der Waals surface area contributed by atoms with Crippen molar-refractivity contribution in [2.45, 2.75) is 6.54 Å². The Bertz CT molecular complexity index is 1170. The number of rotatable bonds is 4. The van der Waals surface area contributed by atoms with Gasteiger partial charge in [0.1, 0.15) is 11.5 Å². The van der Waals surface area contributed by atoms with Gasteiger partial charge in [0.15, 0.2) is 0 Å². The van der Waals surface area contributed by atoms with Crippen molar-refractivity contribution in [3.05, 3.63) is 72.2 Å². The predicted octanol–water partition coefficient (Wildman–Crippen LogP) is 2.92. The third-order valence-corrected chi connectivity index (χ3v) is 5.78. The molecule has 0 aliphatic carbocycles. The van der Waals surface area contributed by atoms with E-state index < -0.39 is 0 Å². The number of aryl methyl sites for hydroxylation is 1. The van der Waals surface area contributed by atoms with E-state index in [1.807, 2.05) is 59.5 Å². The predicted molar refractivity (Wildman–Crippen MR) is 116 cm³/mol. The van der Waals surface area contributed by atoms with Crippen LogP contribution in [0.4, 0.5) is 0 Å². The van der Waals surface area contributed by atoms with Gasteiger partial charge in [0.05, 0.1) is 23.3 Å². The van der Waals surface area contributed by atoms with Crippen LogP contribution >= 0.6 is 0 Å². The second-order valence-corrected chi connectivity index (χ2v) is 7.68. The van der Waals surface area contributed by atoms with Gasteiger partial charge in [-0.05, 0) is 18.2 Å². The average Bonchev–Trinajstić information content (AvgIpc) is 3.40. The van der Waals surface area contributed by atoms with E-state index in [-0.39, 0.29) is 5.91 Å². The lowest BCUT2D eigenvalue weighted by atomic mass is 10.1. The number of nitrogens with one attached hydrogen (secondary N) is 1. The Morgan fingerprint density at radius 2 is 1.73 bits per heavy atom. The highest BCUT2D eigenvalue weighted by molar-refractivity contribution is 5.93. The summed E-state index contributed by atoms with van der Waals surface area (Å²) in [4.78, 5) is 21.9. The molecule has 0 unspecified atom stereocenters. The van der Waals surface area contributed by atoms with Crippen molar-refractivity contribution in [1.29, 1.82) is 0 Å². The molecule has 7 heteroatoms. The molecule has 0 bridgehead atoms. The summed E-state index contributed by atoms with van der Waals surface area (Å²) in [5.74, 6) is 1.06. The molecule has 0 atom stereocenters. The normalized spacial score (nSPS) is 15.0. The van der Waals surface area contributed by atoms with Crippen molar-refractivity contribution >= 4 is 16.9 Å². The molecule has 0 saturated carbocycles. The maximum absolute atomic E-state index is 12.9. The molecule has 4 aromatic rings. The molecule has 0 spiro atoms. The summed E-state index contributed by atoms with van der Waals surface area (Å²) >= 11 is 0. The number of carbonyl (C=O) groups excluding carboxylic acids is 1. The quantitative estimate of drug-likeness (QED) is 0.572. The molecule has 152 valence electrons. The molecule has 5 rings (SSSR count). The average molecular weight is 400 g/mol. The Kier molecular flexibility index (Phi) is 4.80. The van der Waals surface area contributed by atoms with E-state index >= 15 is 0 Å². The van der Waals surface area contributed by atoms with Crippen LogP contribution in [0.25, 0.3) is 22.3 Å². The van der Waals surface area contributed by atoms with E-state index in [1.54, 1.807) is 0 Å². The van der Waals surface area contributed by atoms with Gasteiger partial charge in [0.25, 0.3) is 5.91 Å². The first kappa shape index (κ1) is 18.6. The van der Waals surface area contributed by atoms with E-state index in [4.69, 9.17) is 4.98 Å². The fourth-order valence-corrected chi connectivity index (χ4v) is 4.00. The van der Waals surface area contributed by atoms with Crippen molar-refractivity contribution in [1.82, 2.24) is 29.5 Å². The molecule has 1 aliphatic heterocycles. The number of aromatic amines is 1. The second kappa shape index (κ2) is 7.76. The molecule has 2 aromatic carbocycles. The number of piperazine rings is 1. The fourth-order valence-electron chi connectivity index (χ4n) is 4.00. The minimum atomic E-state index is 0.00654. The molecule has 2 aromatic heterocycles. The standard InChI is InChI=1S/C23H24N6O/c1-27-21-10-6-5-9-18(21)24-22(27)16-28-11-13-29(14-12-28)23(30)20-15-19(25-26-20)17-7-3-2-4-8-17/h2-10,15H,11-14,16H2,1H3,(H,25,26). The highest BCUT2D eigenvalue weighted by Crippen LogP contribution is 2.19. The SMILES string of the molecule is Cn1c(CN2CCN(C(=O)c3cc(-c4ccccc4)n[nH]3)CC2)nc2ccccc21. The van der Waals surface area contributed by atoms with Gasteiger partial charge in [-0.1, -0.05) is 42.5 Å². The summed E-state index contributed by atoms with van der Waals surface area (Å²) in [6, 6.07) is 19.9. The molecule has 7 nitrogen and oxygen atoms in total. The Balaban J connectivity index is 1.22. The zero-order chi connectivity index (χ0) is 20.5. The van der Waals surface area contributed by atoms with Crippen LogP contribution in [0, 0.1) is 0 Å². The van der Waals surface area contributed by atoms with E-state index in [1.165, 1.54) is 0 Å². The van der Waals surface area contributed by atoms with Crippen molar-refractivity contribution in [2.75, 3.05) is 26.2 Å². The lowest BCUT2D eigenvalue weighted by Crippen LogP contribution is -2.48. The molecule has 30 heavy (non-hydrogen) atoms. The van der Waals surface area contributed by atoms with Crippen LogP contribution < -0.4 is 0 Å². The number of imidazole rings is 1. The molecule has 1 N–H and O–H groups in total. The number of hydrogen-bond donors (Lipinski definition) is 1. The number of fused-ring (bicyclic) bond motifs is 1. The highest BCUT2D eigenvalue weighted by Gasteiger charge is 2.24. The molecule has 0 radical (unpaired) electrons. The molecular weight excluding hydrogens is 376 g/mol. The third-order valence-electron chi connectivity index (χ3n) is 5.78. The molecule has 1 amide bonds. The van der Waals surface area contributed by atoms with Gasteiger partial charge in [0, 0.05) is 38.8 Å². The van der Waals surface area contributed by atoms with Gasteiger partial charge >= 0.3 is 0 Å². The van der Waals surface area contributed by atoms with Crippen LogP contribution in [0.15, 0.2) is 60.7 Å². The van der Waals surface area contributed by atoms with Crippen molar-refractivity contribution in [2.24, 2.45) is 7.05 Å². The van der Waals surface area contributed by atoms with E-state index in [0.29, 0.717) is 18.8 Å². The van der Waals surface area contributed by atoms with Gasteiger partial charge in [-0.15, -0.1) is 0 Å². The number of amides is 1. The smallest absolute Gasteiger partial charge is 0.271 e. The Morgan fingerprint density at radius 1 is 1.00 bits per heavy atom. The highest BCUT2D eigenvalue weighted by atomic mass is 16.2. The van der Waals surface area contributed by atoms with Crippen LogP contribution in [0.3, 0.4) is 0 Å². The summed E-state index contributed by atoms with van der Waals surface area (Å²) in [5, 5.41) is 7.22. The maximum Gasteiger partial charge on any atom is 0.271 e. The van der Waals surface area contributed by atoms with E-state index in [0.717, 1.165) is 47.7 Å². The first-order chi connectivity index (χ1) is 14.7. The van der Waals surface area contributed by atoms with Crippen LogP contribution in [0.1, 0.15) is 16.3 Å². The summed E-state index contributed by atoms with van der Waals surface area (Å²) in [6.45, 7) is 3.84. The van der Waals surface area contributed by atoms with Gasteiger partial charge in [-0.3, -0.25) is 14.8 Å². The zero-order valence-corrected chi connectivity index (χ0v) is 17.0.